The number of hydrogen-bond donors (Lipinski definition) is 1. The molecular formula is C19H28BrNO3. The second-order valence-corrected chi connectivity index (χ2v) is 10.7. The summed E-state index contributed by atoms with van der Waals surface area (Å²) in [7, 11) is 0. The zero-order chi connectivity index (χ0) is 16.8. The molecule has 24 heavy (non-hydrogen) atoms. The number of rotatable bonds is 5. The smallest absolute Gasteiger partial charge is 0.306 e. The predicted molar refractivity (Wildman–Crippen MR) is 94.7 cm³/mol. The Kier molecular flexibility index (Phi) is 4.42. The Hall–Kier alpha value is -0.580. The van der Waals surface area contributed by atoms with Crippen LogP contribution in [0.4, 0.5) is 0 Å². The van der Waals surface area contributed by atoms with Gasteiger partial charge in [0.05, 0.1) is 6.42 Å². The van der Waals surface area contributed by atoms with Crippen molar-refractivity contribution in [3.05, 3.63) is 0 Å². The Balaban J connectivity index is 1.27. The molecule has 1 N–H and O–H groups in total. The number of amides is 1. The average Bonchev–Trinajstić information content (AvgIpc) is 2.94. The highest BCUT2D eigenvalue weighted by molar-refractivity contribution is 9.10. The van der Waals surface area contributed by atoms with Crippen LogP contribution < -0.4 is 5.32 Å². The summed E-state index contributed by atoms with van der Waals surface area (Å²) < 4.78 is 5.58. The maximum atomic E-state index is 12.4. The van der Waals surface area contributed by atoms with Crippen molar-refractivity contribution in [1.29, 1.82) is 0 Å². The van der Waals surface area contributed by atoms with Crippen LogP contribution >= 0.6 is 15.9 Å². The van der Waals surface area contributed by atoms with Gasteiger partial charge in [0, 0.05) is 10.4 Å². The molecule has 0 saturated heterocycles. The van der Waals surface area contributed by atoms with E-state index in [0.29, 0.717) is 6.42 Å². The van der Waals surface area contributed by atoms with Crippen molar-refractivity contribution in [2.75, 3.05) is 6.61 Å². The SMILES string of the molecule is O=C(COC(=O)CC12C[C@@H]3C[C@@H](CC(Br)(C3)C1)C2)NC1CCCC1. The van der Waals surface area contributed by atoms with Crippen molar-refractivity contribution >= 4 is 27.8 Å². The molecule has 5 aliphatic carbocycles. The second kappa shape index (κ2) is 6.30. The van der Waals surface area contributed by atoms with E-state index in [9.17, 15) is 9.59 Å². The third-order valence-electron chi connectivity index (χ3n) is 6.71. The van der Waals surface area contributed by atoms with Crippen LogP contribution in [0.15, 0.2) is 0 Å². The molecule has 5 fully saturated rings. The van der Waals surface area contributed by atoms with Crippen molar-refractivity contribution < 1.29 is 14.3 Å². The topological polar surface area (TPSA) is 55.4 Å². The van der Waals surface area contributed by atoms with Gasteiger partial charge in [-0.25, -0.2) is 0 Å². The molecule has 0 heterocycles. The van der Waals surface area contributed by atoms with E-state index in [-0.39, 0.29) is 34.3 Å². The minimum atomic E-state index is -0.186. The third-order valence-corrected chi connectivity index (χ3v) is 7.64. The molecule has 0 aromatic rings. The molecule has 5 rings (SSSR count). The molecule has 4 nitrogen and oxygen atoms in total. The largest absolute Gasteiger partial charge is 0.456 e. The van der Waals surface area contributed by atoms with Gasteiger partial charge in [-0.1, -0.05) is 28.8 Å². The van der Waals surface area contributed by atoms with Gasteiger partial charge in [0.1, 0.15) is 0 Å². The molecule has 0 aromatic carbocycles. The normalized spacial score (nSPS) is 40.7. The van der Waals surface area contributed by atoms with E-state index in [1.807, 2.05) is 0 Å². The zero-order valence-corrected chi connectivity index (χ0v) is 15.9. The van der Waals surface area contributed by atoms with E-state index in [0.717, 1.165) is 31.1 Å². The standard InChI is InChI=1S/C19H28BrNO3/c20-19-8-13-5-14(9-19)7-18(6-13,12-19)10-17(23)24-11-16(22)21-15-3-1-2-4-15/h13-15H,1-12H2,(H,21,22)/t13-,14+,18?,19?. The lowest BCUT2D eigenvalue weighted by Crippen LogP contribution is -2.53. The molecule has 0 aliphatic heterocycles. The minimum absolute atomic E-state index is 0.113. The third kappa shape index (κ3) is 3.51. The van der Waals surface area contributed by atoms with Crippen molar-refractivity contribution in [1.82, 2.24) is 5.32 Å². The van der Waals surface area contributed by atoms with Gasteiger partial charge in [0.15, 0.2) is 6.61 Å². The first kappa shape index (κ1) is 16.9. The van der Waals surface area contributed by atoms with Crippen LogP contribution in [-0.4, -0.2) is 28.8 Å². The highest BCUT2D eigenvalue weighted by Gasteiger charge is 2.57. The van der Waals surface area contributed by atoms with E-state index in [4.69, 9.17) is 4.74 Å². The molecule has 4 atom stereocenters. The summed E-state index contributed by atoms with van der Waals surface area (Å²) >= 11 is 3.98. The van der Waals surface area contributed by atoms with Gasteiger partial charge in [-0.15, -0.1) is 0 Å². The molecule has 134 valence electrons. The molecule has 0 radical (unpaired) electrons. The number of esters is 1. The fourth-order valence-corrected chi connectivity index (χ4v) is 7.90. The van der Waals surface area contributed by atoms with E-state index in [1.54, 1.807) is 0 Å². The van der Waals surface area contributed by atoms with E-state index in [2.05, 4.69) is 21.2 Å². The predicted octanol–water partition coefficient (Wildman–Crippen LogP) is 3.71. The summed E-state index contributed by atoms with van der Waals surface area (Å²) in [4.78, 5) is 24.3. The quantitative estimate of drug-likeness (QED) is 0.568. The number of carbonyl (C=O) groups excluding carboxylic acids is 2. The lowest BCUT2D eigenvalue weighted by Gasteiger charge is -2.60. The molecule has 4 bridgehead atoms. The van der Waals surface area contributed by atoms with Crippen LogP contribution in [0, 0.1) is 17.3 Å². The van der Waals surface area contributed by atoms with Gasteiger partial charge < -0.3 is 10.1 Å². The highest BCUT2D eigenvalue weighted by atomic mass is 79.9. The fourth-order valence-electron chi connectivity index (χ4n) is 6.39. The molecule has 5 heteroatoms. The number of ether oxygens (including phenoxy) is 1. The minimum Gasteiger partial charge on any atom is -0.456 e. The second-order valence-electron chi connectivity index (χ2n) is 9.00. The van der Waals surface area contributed by atoms with E-state index >= 15 is 0 Å². The maximum Gasteiger partial charge on any atom is 0.306 e. The van der Waals surface area contributed by atoms with Gasteiger partial charge in [0.25, 0.3) is 5.91 Å². The van der Waals surface area contributed by atoms with Crippen LogP contribution in [0.2, 0.25) is 0 Å². The van der Waals surface area contributed by atoms with Crippen LogP contribution in [0.25, 0.3) is 0 Å². The van der Waals surface area contributed by atoms with E-state index in [1.165, 1.54) is 44.9 Å². The summed E-state index contributed by atoms with van der Waals surface area (Å²) in [5, 5.41) is 2.98. The lowest BCUT2D eigenvalue weighted by atomic mass is 9.49. The maximum absolute atomic E-state index is 12.4. The first-order valence-electron chi connectivity index (χ1n) is 9.58. The van der Waals surface area contributed by atoms with Crippen LogP contribution in [0.5, 0.6) is 0 Å². The Morgan fingerprint density at radius 2 is 1.75 bits per heavy atom. The van der Waals surface area contributed by atoms with Crippen molar-refractivity contribution in [3.8, 4) is 0 Å². The molecule has 2 unspecified atom stereocenters. The van der Waals surface area contributed by atoms with Gasteiger partial charge in [-0.05, 0) is 68.6 Å². The molecule has 5 aliphatic rings. The Morgan fingerprint density at radius 1 is 1.08 bits per heavy atom. The van der Waals surface area contributed by atoms with Gasteiger partial charge >= 0.3 is 5.97 Å². The summed E-state index contributed by atoms with van der Waals surface area (Å²) in [5.41, 5.74) is 0.118. The molecule has 1 amide bonds. The fraction of sp³-hybridized carbons (Fsp3) is 0.895. The van der Waals surface area contributed by atoms with Crippen LogP contribution in [-0.2, 0) is 14.3 Å². The molecular weight excluding hydrogens is 370 g/mol. The number of alkyl halides is 1. The summed E-state index contributed by atoms with van der Waals surface area (Å²) in [6, 6.07) is 0.285. The summed E-state index contributed by atoms with van der Waals surface area (Å²) in [5.74, 6) is 1.21. The number of carbonyl (C=O) groups is 2. The first-order valence-corrected chi connectivity index (χ1v) is 10.4. The summed E-state index contributed by atoms with van der Waals surface area (Å²) in [6.45, 7) is -0.113. The molecule has 5 saturated carbocycles. The van der Waals surface area contributed by atoms with Crippen LogP contribution in [0.3, 0.4) is 0 Å². The zero-order valence-electron chi connectivity index (χ0n) is 14.3. The monoisotopic (exact) mass is 397 g/mol. The van der Waals surface area contributed by atoms with Gasteiger partial charge in [0.2, 0.25) is 0 Å². The number of halogens is 1. The Bertz CT molecular complexity index is 515. The van der Waals surface area contributed by atoms with Crippen molar-refractivity contribution in [2.45, 2.75) is 81.0 Å². The Labute approximate surface area is 152 Å². The average molecular weight is 398 g/mol. The molecule has 0 spiro atoms. The van der Waals surface area contributed by atoms with Crippen LogP contribution in [0.1, 0.15) is 70.6 Å². The van der Waals surface area contributed by atoms with Gasteiger partial charge in [-0.2, -0.15) is 0 Å². The van der Waals surface area contributed by atoms with Crippen molar-refractivity contribution in [2.24, 2.45) is 17.3 Å². The van der Waals surface area contributed by atoms with Crippen molar-refractivity contribution in [3.63, 3.8) is 0 Å². The number of hydrogen-bond acceptors (Lipinski definition) is 3. The molecule has 0 aromatic heterocycles. The first-order chi connectivity index (χ1) is 11.4. The van der Waals surface area contributed by atoms with E-state index < -0.39 is 0 Å². The highest BCUT2D eigenvalue weighted by Crippen LogP contribution is 2.65. The lowest BCUT2D eigenvalue weighted by molar-refractivity contribution is -0.154. The summed E-state index contributed by atoms with van der Waals surface area (Å²) in [6.07, 6.45) is 12.3. The number of nitrogens with one attached hydrogen (secondary N) is 1. The van der Waals surface area contributed by atoms with Gasteiger partial charge in [-0.3, -0.25) is 9.59 Å². The Morgan fingerprint density at radius 3 is 2.38 bits per heavy atom.